The quantitative estimate of drug-likeness (QED) is 0.0242. The predicted octanol–water partition coefficient (Wildman–Crippen LogP) is 24.3. The molecular weight excluding hydrogens is 1340 g/mol. The van der Waals surface area contributed by atoms with Crippen molar-refractivity contribution in [3.63, 3.8) is 0 Å². The molecule has 4 bridgehead atoms. The van der Waals surface area contributed by atoms with Gasteiger partial charge in [-0.1, -0.05) is 227 Å². The van der Waals surface area contributed by atoms with Crippen molar-refractivity contribution in [1.29, 1.82) is 0 Å². The van der Waals surface area contributed by atoms with Gasteiger partial charge in [0.2, 0.25) is 6.29 Å². The highest BCUT2D eigenvalue weighted by atomic mass is 32.2. The molecule has 0 spiro atoms. The zero-order chi connectivity index (χ0) is 73.6. The number of phenols is 1. The molecule has 12 heteroatoms. The third-order valence-corrected chi connectivity index (χ3v) is 24.6. The monoisotopic (exact) mass is 1450 g/mol. The minimum atomic E-state index is -4.74. The average Bonchev–Trinajstić information content (AvgIpc) is 1.01. The molecule has 0 aromatic heterocycles. The van der Waals surface area contributed by atoms with Gasteiger partial charge in [-0.25, -0.2) is 18.0 Å². The number of ether oxygens (including phenoxy) is 4. The molecule has 0 radical (unpaired) electrons. The lowest BCUT2D eigenvalue weighted by atomic mass is 9.49. The first-order valence-electron chi connectivity index (χ1n) is 37.6. The summed E-state index contributed by atoms with van der Waals surface area (Å²) in [5, 5.41) is 11.0. The Morgan fingerprint density at radius 3 is 1.23 bits per heavy atom. The van der Waals surface area contributed by atoms with Crippen molar-refractivity contribution < 1.29 is 46.6 Å². The molecule has 5 saturated carbocycles. The summed E-state index contributed by atoms with van der Waals surface area (Å²) in [7, 11) is -4.76. The zero-order valence-electron chi connectivity index (χ0n) is 61.8. The van der Waals surface area contributed by atoms with Crippen molar-refractivity contribution in [3.05, 3.63) is 288 Å². The summed E-state index contributed by atoms with van der Waals surface area (Å²) >= 11 is 0. The van der Waals surface area contributed by atoms with E-state index in [1.54, 1.807) is 30.3 Å². The highest BCUT2D eigenvalue weighted by Crippen LogP contribution is 2.62. The minimum absolute atomic E-state index is 0. The van der Waals surface area contributed by atoms with Gasteiger partial charge in [0.15, 0.2) is 14.7 Å². The third kappa shape index (κ3) is 22.2. The number of carbonyl (C=O) groups is 2. The van der Waals surface area contributed by atoms with Crippen LogP contribution in [0.3, 0.4) is 0 Å². The molecule has 5 unspecified atom stereocenters. The van der Waals surface area contributed by atoms with Gasteiger partial charge >= 0.3 is 11.9 Å². The summed E-state index contributed by atoms with van der Waals surface area (Å²) < 4.78 is 57.8. The van der Waals surface area contributed by atoms with Gasteiger partial charge in [-0.3, -0.25) is 0 Å². The molecule has 0 saturated heterocycles. The smallest absolute Gasteiger partial charge is 0.344 e. The van der Waals surface area contributed by atoms with Crippen LogP contribution < -0.4 is 14.2 Å². The lowest BCUT2D eigenvalue weighted by Gasteiger charge is -2.58. The normalized spacial score (nSPS) is 18.4. The second kappa shape index (κ2) is 39.0. The largest absolute Gasteiger partial charge is 0.744 e. The van der Waals surface area contributed by atoms with Gasteiger partial charge < -0.3 is 28.6 Å². The summed E-state index contributed by atoms with van der Waals surface area (Å²) in [6.45, 7) is 17.4. The number of hydrogen-bond donors (Lipinski definition) is 1. The maximum Gasteiger partial charge on any atom is 0.344 e. The zero-order valence-corrected chi connectivity index (χ0v) is 63.4. The van der Waals surface area contributed by atoms with E-state index < -0.39 is 21.0 Å². The van der Waals surface area contributed by atoms with E-state index in [1.165, 1.54) is 120 Å². The van der Waals surface area contributed by atoms with Crippen LogP contribution in [0, 0.1) is 23.2 Å². The number of rotatable bonds is 21. The van der Waals surface area contributed by atoms with Crippen molar-refractivity contribution in [3.8, 4) is 23.0 Å². The van der Waals surface area contributed by atoms with Gasteiger partial charge in [-0.2, -0.15) is 0 Å². The van der Waals surface area contributed by atoms with Crippen LogP contribution in [0.1, 0.15) is 219 Å². The molecule has 10 aromatic carbocycles. The molecule has 0 aliphatic heterocycles. The molecule has 5 aliphatic carbocycles. The maximum atomic E-state index is 12.5. The Morgan fingerprint density at radius 2 is 0.810 bits per heavy atom. The van der Waals surface area contributed by atoms with Crippen LogP contribution in [0.4, 0.5) is 0 Å². The number of carbonyl (C=O) groups excluding carboxylic acids is 2. The lowest BCUT2D eigenvalue weighted by Crippen LogP contribution is -2.54. The second-order valence-corrected chi connectivity index (χ2v) is 32.2. The van der Waals surface area contributed by atoms with Gasteiger partial charge in [0.25, 0.3) is 0 Å². The average molecular weight is 1450 g/mol. The van der Waals surface area contributed by atoms with Crippen LogP contribution in [0.25, 0.3) is 10.8 Å². The topological polar surface area (TPSA) is 148 Å². The van der Waals surface area contributed by atoms with Crippen molar-refractivity contribution in [2.24, 2.45) is 23.2 Å². The molecule has 10 aromatic rings. The Hall–Kier alpha value is -8.78. The molecule has 5 fully saturated rings. The van der Waals surface area contributed by atoms with E-state index in [4.69, 9.17) is 24.1 Å². The van der Waals surface area contributed by atoms with Gasteiger partial charge in [0.1, 0.15) is 33.1 Å². The van der Waals surface area contributed by atoms with Crippen LogP contribution in [0.5, 0.6) is 23.0 Å². The molecule has 1 N–H and O–H groups in total. The highest BCUT2D eigenvalue weighted by molar-refractivity contribution is 7.97. The first kappa shape index (κ1) is 80.3. The van der Waals surface area contributed by atoms with Gasteiger partial charge in [0, 0.05) is 5.41 Å². The van der Waals surface area contributed by atoms with E-state index in [0.717, 1.165) is 65.2 Å². The fraction of sp³-hybridized carbons (Fsp3) is 0.355. The van der Waals surface area contributed by atoms with Crippen LogP contribution >= 0.6 is 0 Å². The minimum Gasteiger partial charge on any atom is -0.744 e. The molecule has 0 amide bonds. The van der Waals surface area contributed by atoms with E-state index in [2.05, 4.69) is 171 Å². The van der Waals surface area contributed by atoms with Gasteiger partial charge in [0.05, 0.1) is 33.0 Å². The Balaban J connectivity index is 0.000000155. The molecule has 5 atom stereocenters. The Bertz CT molecular complexity index is 4260. The first-order chi connectivity index (χ1) is 50.3. The standard InChI is InChI=1S/C26H38O2.C21H20O2.C18H15S.C17H18O5S.C10H14O.CH4/c1-3-18(2)22-8-10-24(11-9-22)28-25(27-23-6-4-5-7-23)26-15-19-12-20(16-26)14-21(13-19)17-26;1-3-15(2)16-11-13-18(14-12-16)23-21(22)20-10-6-8-17-7-4-5-9-19(17)20;1-4-10-16(11-5-1)19(17-12-6-2-7-13-17)18-14-8-3-9-15-18;1-3-12(2)13-8-10-14(11-9-13)22-17(18)15-6-4-5-7-16(15)23(19,20)21;1-3-8(2)9-4-6-10(11)7-5-9;/h8-11,18-21,23,25H,3-7,12-17H2,1-2H3;4-15H,3H2,1-2H3;1-15H;4-12H,3H2,1-2H3,(H,19,20,21);4-8,11H,3H2,1-2H3;1H4/q;;+1;;;/p-1. The summed E-state index contributed by atoms with van der Waals surface area (Å²) in [6, 6.07) is 82.0. The number of fused-ring (bicyclic) bond motifs is 1. The fourth-order valence-corrected chi connectivity index (χ4v) is 17.9. The molecule has 105 heavy (non-hydrogen) atoms. The van der Waals surface area contributed by atoms with Crippen LogP contribution in [0.15, 0.2) is 274 Å². The van der Waals surface area contributed by atoms with E-state index in [0.29, 0.717) is 52.6 Å². The van der Waals surface area contributed by atoms with Gasteiger partial charge in [-0.15, -0.1) is 0 Å². The number of aromatic hydroxyl groups is 1. The maximum absolute atomic E-state index is 12.5. The van der Waals surface area contributed by atoms with Gasteiger partial charge in [-0.05, 0) is 255 Å². The van der Waals surface area contributed by atoms with E-state index in [1.807, 2.05) is 84.9 Å². The van der Waals surface area contributed by atoms with E-state index >= 15 is 0 Å². The molecule has 15 rings (SSSR count). The van der Waals surface area contributed by atoms with Crippen molar-refractivity contribution >= 4 is 43.7 Å². The summed E-state index contributed by atoms with van der Waals surface area (Å²) in [6.07, 6.45) is 18.3. The molecule has 5 aliphatic rings. The number of benzene rings is 10. The SMILES string of the molecule is C.CCC(C)c1ccc(O)cc1.CCC(C)c1ccc(OC(=O)c2cccc3ccccc23)cc1.CCC(C)c1ccc(OC(=O)c2ccccc2S(=O)(=O)[O-])cc1.CCC(C)c1ccc(OC(OC2CCCC2)C23CC4CC(CC(C4)C2)C3)cc1.c1ccc([S+](c2ccccc2)c2ccccc2)cc1. The number of esters is 2. The number of hydrogen-bond acceptors (Lipinski definition) is 10. The Kier molecular flexibility index (Phi) is 29.8. The predicted molar refractivity (Wildman–Crippen MR) is 427 cm³/mol. The van der Waals surface area contributed by atoms with Crippen molar-refractivity contribution in [2.75, 3.05) is 0 Å². The third-order valence-electron chi connectivity index (χ3n) is 21.4. The van der Waals surface area contributed by atoms with E-state index in [9.17, 15) is 22.6 Å². The molecule has 10 nitrogen and oxygen atoms in total. The molecule has 0 heterocycles. The second-order valence-electron chi connectivity index (χ2n) is 28.8. The lowest BCUT2D eigenvalue weighted by molar-refractivity contribution is -0.231. The molecule has 552 valence electrons. The summed E-state index contributed by atoms with van der Waals surface area (Å²) in [5.74, 6) is 5.92. The van der Waals surface area contributed by atoms with Crippen molar-refractivity contribution in [1.82, 2.24) is 0 Å². The molecular formula is C93H108O10S2. The first-order valence-corrected chi connectivity index (χ1v) is 40.2. The number of phenolic OH excluding ortho intramolecular Hbond substituents is 1. The van der Waals surface area contributed by atoms with Crippen LogP contribution in [-0.2, 0) is 25.7 Å². The fourth-order valence-electron chi connectivity index (χ4n) is 15.1. The summed E-state index contributed by atoms with van der Waals surface area (Å²) in [4.78, 5) is 28.1. The van der Waals surface area contributed by atoms with Crippen LogP contribution in [0.2, 0.25) is 0 Å². The van der Waals surface area contributed by atoms with Crippen molar-refractivity contribution in [2.45, 2.75) is 208 Å². The summed E-state index contributed by atoms with van der Waals surface area (Å²) in [5.41, 5.74) is 5.69. The highest BCUT2D eigenvalue weighted by Gasteiger charge is 2.56. The Morgan fingerprint density at radius 1 is 0.457 bits per heavy atom. The Labute approximate surface area is 629 Å². The van der Waals surface area contributed by atoms with E-state index in [-0.39, 0.29) is 41.6 Å². The van der Waals surface area contributed by atoms with Crippen LogP contribution in [-0.4, -0.2) is 42.4 Å².